The van der Waals surface area contributed by atoms with E-state index >= 15 is 0 Å². The fourth-order valence-electron chi connectivity index (χ4n) is 3.29. The molecule has 0 amide bonds. The minimum atomic E-state index is -2.84. The molecular formula is C13H25NO2S. The lowest BCUT2D eigenvalue weighted by Gasteiger charge is -2.33. The van der Waals surface area contributed by atoms with Crippen LogP contribution in [0, 0.1) is 0 Å². The van der Waals surface area contributed by atoms with E-state index in [1.807, 2.05) is 0 Å². The predicted molar refractivity (Wildman–Crippen MR) is 70.9 cm³/mol. The quantitative estimate of drug-likeness (QED) is 0.845. The van der Waals surface area contributed by atoms with Gasteiger partial charge in [-0.2, -0.15) is 0 Å². The van der Waals surface area contributed by atoms with E-state index in [1.165, 1.54) is 38.4 Å². The maximum absolute atomic E-state index is 11.6. The third kappa shape index (κ3) is 3.95. The molecule has 0 heterocycles. The molecule has 2 atom stereocenters. The molecule has 0 spiro atoms. The summed E-state index contributed by atoms with van der Waals surface area (Å²) >= 11 is 0. The monoisotopic (exact) mass is 259 g/mol. The third-order valence-corrected chi connectivity index (χ3v) is 5.95. The first-order valence-electron chi connectivity index (χ1n) is 7.00. The highest BCUT2D eigenvalue weighted by atomic mass is 32.2. The second-order valence-electron chi connectivity index (χ2n) is 5.82. The predicted octanol–water partition coefficient (Wildman–Crippen LogP) is 2.26. The van der Waals surface area contributed by atoms with Gasteiger partial charge in [0.25, 0.3) is 0 Å². The lowest BCUT2D eigenvalue weighted by atomic mass is 9.90. The number of sulfone groups is 1. The van der Waals surface area contributed by atoms with Crippen LogP contribution < -0.4 is 5.32 Å². The van der Waals surface area contributed by atoms with Crippen LogP contribution >= 0.6 is 0 Å². The highest BCUT2D eigenvalue weighted by Gasteiger charge is 2.29. The smallest absolute Gasteiger partial charge is 0.150 e. The van der Waals surface area contributed by atoms with Crippen LogP contribution in [-0.4, -0.2) is 32.0 Å². The van der Waals surface area contributed by atoms with Gasteiger partial charge in [0.15, 0.2) is 0 Å². The average molecular weight is 259 g/mol. The average Bonchev–Trinajstić information content (AvgIpc) is 2.29. The van der Waals surface area contributed by atoms with Gasteiger partial charge in [0.2, 0.25) is 0 Å². The summed E-state index contributed by atoms with van der Waals surface area (Å²) in [4.78, 5) is 0. The summed E-state index contributed by atoms with van der Waals surface area (Å²) in [6.45, 7) is 0. The molecule has 0 aromatic carbocycles. The van der Waals surface area contributed by atoms with Gasteiger partial charge in [-0.15, -0.1) is 0 Å². The van der Waals surface area contributed by atoms with E-state index in [2.05, 4.69) is 5.32 Å². The maximum atomic E-state index is 11.6. The second-order valence-corrected chi connectivity index (χ2v) is 8.14. The lowest BCUT2D eigenvalue weighted by Crippen LogP contribution is -2.44. The summed E-state index contributed by atoms with van der Waals surface area (Å²) in [5.74, 6) is 0. The first kappa shape index (κ1) is 13.3. The van der Waals surface area contributed by atoms with Gasteiger partial charge in [-0.25, -0.2) is 8.42 Å². The molecule has 0 radical (unpaired) electrons. The molecule has 2 unspecified atom stereocenters. The molecule has 3 nitrogen and oxygen atoms in total. The largest absolute Gasteiger partial charge is 0.311 e. The molecule has 0 saturated heterocycles. The summed E-state index contributed by atoms with van der Waals surface area (Å²) in [5.41, 5.74) is 0. The normalized spacial score (nSPS) is 32.5. The summed E-state index contributed by atoms with van der Waals surface area (Å²) in [6, 6.07) is 1.08. The van der Waals surface area contributed by atoms with E-state index < -0.39 is 9.84 Å². The fourth-order valence-corrected chi connectivity index (χ4v) is 4.46. The van der Waals surface area contributed by atoms with E-state index in [-0.39, 0.29) is 5.25 Å². The van der Waals surface area contributed by atoms with Crippen molar-refractivity contribution in [3.8, 4) is 0 Å². The molecule has 2 saturated carbocycles. The Kier molecular flexibility index (Phi) is 4.47. The van der Waals surface area contributed by atoms with Crippen molar-refractivity contribution >= 4 is 9.84 Å². The Labute approximate surface area is 105 Å². The zero-order valence-corrected chi connectivity index (χ0v) is 11.6. The number of hydrogen-bond donors (Lipinski definition) is 1. The number of hydrogen-bond acceptors (Lipinski definition) is 3. The van der Waals surface area contributed by atoms with E-state index in [1.54, 1.807) is 0 Å². The standard InChI is InChI=1S/C13H25NO2S/c1-17(15,16)13-9-5-8-12(10-13)14-11-6-3-2-4-7-11/h11-14H,2-10H2,1H3. The first-order chi connectivity index (χ1) is 8.05. The van der Waals surface area contributed by atoms with Gasteiger partial charge >= 0.3 is 0 Å². The first-order valence-corrected chi connectivity index (χ1v) is 8.96. The van der Waals surface area contributed by atoms with E-state index in [0.29, 0.717) is 12.1 Å². The Morgan fingerprint density at radius 3 is 2.18 bits per heavy atom. The van der Waals surface area contributed by atoms with Crippen molar-refractivity contribution < 1.29 is 8.42 Å². The van der Waals surface area contributed by atoms with Gasteiger partial charge in [0.05, 0.1) is 5.25 Å². The Hall–Kier alpha value is -0.0900. The molecule has 2 aliphatic rings. The van der Waals surface area contributed by atoms with E-state index in [9.17, 15) is 8.42 Å². The molecule has 0 aromatic rings. The van der Waals surface area contributed by atoms with E-state index in [0.717, 1.165) is 25.7 Å². The topological polar surface area (TPSA) is 46.2 Å². The Balaban J connectivity index is 1.84. The van der Waals surface area contributed by atoms with Crippen LogP contribution in [0.4, 0.5) is 0 Å². The molecule has 2 rings (SSSR count). The Bertz CT molecular complexity index is 333. The number of nitrogens with one attached hydrogen (secondary N) is 1. The van der Waals surface area contributed by atoms with Crippen LogP contribution in [0.3, 0.4) is 0 Å². The lowest BCUT2D eigenvalue weighted by molar-refractivity contribution is 0.291. The van der Waals surface area contributed by atoms with Gasteiger partial charge in [-0.1, -0.05) is 25.7 Å². The van der Waals surface area contributed by atoms with Crippen LogP contribution in [0.15, 0.2) is 0 Å². The van der Waals surface area contributed by atoms with E-state index in [4.69, 9.17) is 0 Å². The number of rotatable bonds is 3. The molecule has 17 heavy (non-hydrogen) atoms. The minimum Gasteiger partial charge on any atom is -0.311 e. The summed E-state index contributed by atoms with van der Waals surface area (Å²) in [7, 11) is -2.84. The second kappa shape index (κ2) is 5.70. The fraction of sp³-hybridized carbons (Fsp3) is 1.00. The van der Waals surface area contributed by atoms with Crippen LogP contribution in [0.2, 0.25) is 0 Å². The van der Waals surface area contributed by atoms with Gasteiger partial charge in [0, 0.05) is 18.3 Å². The summed E-state index contributed by atoms with van der Waals surface area (Å²) < 4.78 is 23.2. The van der Waals surface area contributed by atoms with Crippen molar-refractivity contribution in [1.29, 1.82) is 0 Å². The van der Waals surface area contributed by atoms with Crippen molar-refractivity contribution in [3.05, 3.63) is 0 Å². The zero-order valence-electron chi connectivity index (χ0n) is 10.8. The van der Waals surface area contributed by atoms with Crippen molar-refractivity contribution in [2.24, 2.45) is 0 Å². The van der Waals surface area contributed by atoms with Crippen LogP contribution in [0.1, 0.15) is 57.8 Å². The molecule has 2 fully saturated rings. The summed E-state index contributed by atoms with van der Waals surface area (Å²) in [5, 5.41) is 3.60. The van der Waals surface area contributed by atoms with Crippen LogP contribution in [0.5, 0.6) is 0 Å². The molecule has 0 aliphatic heterocycles. The Morgan fingerprint density at radius 1 is 0.882 bits per heavy atom. The molecule has 1 N–H and O–H groups in total. The van der Waals surface area contributed by atoms with Gasteiger partial charge in [-0.3, -0.25) is 0 Å². The Morgan fingerprint density at radius 2 is 1.53 bits per heavy atom. The van der Waals surface area contributed by atoms with Crippen molar-refractivity contribution in [2.45, 2.75) is 75.1 Å². The van der Waals surface area contributed by atoms with Crippen LogP contribution in [0.25, 0.3) is 0 Å². The summed E-state index contributed by atoms with van der Waals surface area (Å²) in [6.07, 6.45) is 11.9. The highest BCUT2D eigenvalue weighted by molar-refractivity contribution is 7.91. The van der Waals surface area contributed by atoms with Crippen molar-refractivity contribution in [3.63, 3.8) is 0 Å². The highest BCUT2D eigenvalue weighted by Crippen LogP contribution is 2.26. The molecular weight excluding hydrogens is 234 g/mol. The molecule has 100 valence electrons. The molecule has 0 bridgehead atoms. The molecule has 0 aromatic heterocycles. The molecule has 4 heteroatoms. The third-order valence-electron chi connectivity index (χ3n) is 4.31. The van der Waals surface area contributed by atoms with Gasteiger partial charge in [0.1, 0.15) is 9.84 Å². The van der Waals surface area contributed by atoms with Gasteiger partial charge in [-0.05, 0) is 32.1 Å². The van der Waals surface area contributed by atoms with Gasteiger partial charge < -0.3 is 5.32 Å². The molecule has 2 aliphatic carbocycles. The minimum absolute atomic E-state index is 0.0997. The van der Waals surface area contributed by atoms with Crippen molar-refractivity contribution in [2.75, 3.05) is 6.26 Å². The zero-order chi connectivity index (χ0) is 12.3. The van der Waals surface area contributed by atoms with Crippen molar-refractivity contribution in [1.82, 2.24) is 5.32 Å². The maximum Gasteiger partial charge on any atom is 0.150 e. The SMILES string of the molecule is CS(=O)(=O)C1CCCC(NC2CCCCC2)C1. The van der Waals surface area contributed by atoms with Crippen LogP contribution in [-0.2, 0) is 9.84 Å².